The highest BCUT2D eigenvalue weighted by molar-refractivity contribution is 7.98. The maximum atomic E-state index is 6.10. The summed E-state index contributed by atoms with van der Waals surface area (Å²) in [6.45, 7) is 9.83. The molecule has 0 fully saturated rings. The maximum absolute atomic E-state index is 6.10. The first-order valence-electron chi connectivity index (χ1n) is 9.50. The molecule has 154 valence electrons. The van der Waals surface area contributed by atoms with Crippen LogP contribution in [-0.2, 0) is 24.3 Å². The summed E-state index contributed by atoms with van der Waals surface area (Å²) in [5.41, 5.74) is 2.50. The Hall–Kier alpha value is -1.69. The highest BCUT2D eigenvalue weighted by Crippen LogP contribution is 2.28. The molecule has 2 aromatic carbocycles. The second-order valence-corrected chi connectivity index (χ2v) is 9.50. The Kier molecular flexibility index (Phi) is 7.14. The van der Waals surface area contributed by atoms with Crippen molar-refractivity contribution in [3.05, 3.63) is 69.5 Å². The van der Waals surface area contributed by atoms with Gasteiger partial charge in [-0.25, -0.2) is 0 Å². The largest absolute Gasteiger partial charge is 0.486 e. The van der Waals surface area contributed by atoms with E-state index in [2.05, 4.69) is 54.6 Å². The van der Waals surface area contributed by atoms with Gasteiger partial charge in [-0.1, -0.05) is 73.9 Å². The topological polar surface area (TPSA) is 39.9 Å². The van der Waals surface area contributed by atoms with Gasteiger partial charge in [-0.3, -0.25) is 0 Å². The average molecular weight is 450 g/mol. The summed E-state index contributed by atoms with van der Waals surface area (Å²) >= 11 is 13.7. The molecular weight excluding hydrogens is 425 g/mol. The molecule has 0 saturated heterocycles. The SMILES string of the molecule is CCn1c(COc2ccc(C(C)(C)C)cc2)nnc1SCc1ccc(Cl)c(Cl)c1. The van der Waals surface area contributed by atoms with Crippen LogP contribution in [0, 0.1) is 0 Å². The van der Waals surface area contributed by atoms with E-state index in [9.17, 15) is 0 Å². The number of nitrogens with zero attached hydrogens (tertiary/aromatic N) is 3. The molecule has 1 aromatic heterocycles. The number of thioether (sulfide) groups is 1. The monoisotopic (exact) mass is 449 g/mol. The molecule has 0 N–H and O–H groups in total. The van der Waals surface area contributed by atoms with Crippen LogP contribution < -0.4 is 4.74 Å². The van der Waals surface area contributed by atoms with Gasteiger partial charge < -0.3 is 9.30 Å². The Morgan fingerprint density at radius 2 is 1.72 bits per heavy atom. The molecule has 0 spiro atoms. The van der Waals surface area contributed by atoms with E-state index in [1.807, 2.05) is 30.3 Å². The highest BCUT2D eigenvalue weighted by Gasteiger charge is 2.15. The molecule has 7 heteroatoms. The van der Waals surface area contributed by atoms with Crippen molar-refractivity contribution < 1.29 is 4.74 Å². The molecule has 0 amide bonds. The van der Waals surface area contributed by atoms with Gasteiger partial charge in [0, 0.05) is 12.3 Å². The van der Waals surface area contributed by atoms with Gasteiger partial charge in [0.25, 0.3) is 0 Å². The Bertz CT molecular complexity index is 965. The number of hydrogen-bond donors (Lipinski definition) is 0. The van der Waals surface area contributed by atoms with Crippen LogP contribution in [0.5, 0.6) is 5.75 Å². The molecule has 29 heavy (non-hydrogen) atoms. The third-order valence-corrected chi connectivity index (χ3v) is 6.33. The van der Waals surface area contributed by atoms with Crippen LogP contribution in [0.4, 0.5) is 0 Å². The van der Waals surface area contributed by atoms with Crippen LogP contribution in [0.2, 0.25) is 10.0 Å². The molecule has 0 unspecified atom stereocenters. The third kappa shape index (κ3) is 5.68. The van der Waals surface area contributed by atoms with E-state index in [0.29, 0.717) is 16.7 Å². The van der Waals surface area contributed by atoms with E-state index in [-0.39, 0.29) is 5.41 Å². The van der Waals surface area contributed by atoms with Crippen LogP contribution in [0.15, 0.2) is 47.6 Å². The van der Waals surface area contributed by atoms with Crippen molar-refractivity contribution in [1.82, 2.24) is 14.8 Å². The minimum Gasteiger partial charge on any atom is -0.486 e. The van der Waals surface area contributed by atoms with E-state index in [1.165, 1.54) is 5.56 Å². The average Bonchev–Trinajstić information content (AvgIpc) is 3.08. The van der Waals surface area contributed by atoms with Crippen LogP contribution >= 0.6 is 35.0 Å². The van der Waals surface area contributed by atoms with Crippen molar-refractivity contribution in [2.45, 2.75) is 57.2 Å². The van der Waals surface area contributed by atoms with E-state index in [4.69, 9.17) is 27.9 Å². The molecular formula is C22H25Cl2N3OS. The molecule has 0 radical (unpaired) electrons. The number of ether oxygens (including phenoxy) is 1. The first kappa shape index (κ1) is 22.0. The van der Waals surface area contributed by atoms with E-state index in [0.717, 1.165) is 34.6 Å². The molecule has 0 bridgehead atoms. The summed E-state index contributed by atoms with van der Waals surface area (Å²) in [5.74, 6) is 2.38. The molecule has 3 rings (SSSR count). The Balaban J connectivity index is 1.63. The van der Waals surface area contributed by atoms with Crippen molar-refractivity contribution in [3.63, 3.8) is 0 Å². The van der Waals surface area contributed by atoms with Gasteiger partial charge in [0.2, 0.25) is 0 Å². The lowest BCUT2D eigenvalue weighted by atomic mass is 9.87. The third-order valence-electron chi connectivity index (χ3n) is 4.55. The minimum absolute atomic E-state index is 0.126. The second kappa shape index (κ2) is 9.41. The number of benzene rings is 2. The summed E-state index contributed by atoms with van der Waals surface area (Å²) in [4.78, 5) is 0. The molecule has 0 aliphatic heterocycles. The van der Waals surface area contributed by atoms with Gasteiger partial charge in [0.15, 0.2) is 11.0 Å². The zero-order valence-electron chi connectivity index (χ0n) is 17.1. The summed E-state index contributed by atoms with van der Waals surface area (Å²) < 4.78 is 8.02. The van der Waals surface area contributed by atoms with E-state index in [1.54, 1.807) is 11.8 Å². The molecule has 0 atom stereocenters. The fraction of sp³-hybridized carbons (Fsp3) is 0.364. The smallest absolute Gasteiger partial charge is 0.191 e. The Labute approximate surface area is 186 Å². The standard InChI is InChI=1S/C22H25Cl2N3OS/c1-5-27-20(13-28-17-9-7-16(8-10-17)22(2,3)4)25-26-21(27)29-14-15-6-11-18(23)19(24)12-15/h6-12H,5,13-14H2,1-4H3. The maximum Gasteiger partial charge on any atom is 0.191 e. The summed E-state index contributed by atoms with van der Waals surface area (Å²) in [5, 5.41) is 10.6. The van der Waals surface area contributed by atoms with Crippen LogP contribution in [0.3, 0.4) is 0 Å². The predicted molar refractivity (Wildman–Crippen MR) is 121 cm³/mol. The van der Waals surface area contributed by atoms with Gasteiger partial charge >= 0.3 is 0 Å². The molecule has 4 nitrogen and oxygen atoms in total. The van der Waals surface area contributed by atoms with Crippen molar-refractivity contribution >= 4 is 35.0 Å². The van der Waals surface area contributed by atoms with Gasteiger partial charge in [0.05, 0.1) is 10.0 Å². The summed E-state index contributed by atoms with van der Waals surface area (Å²) in [7, 11) is 0. The van der Waals surface area contributed by atoms with Crippen LogP contribution in [-0.4, -0.2) is 14.8 Å². The number of hydrogen-bond acceptors (Lipinski definition) is 4. The Morgan fingerprint density at radius 3 is 2.34 bits per heavy atom. The van der Waals surface area contributed by atoms with Gasteiger partial charge in [-0.2, -0.15) is 0 Å². The lowest BCUT2D eigenvalue weighted by Gasteiger charge is -2.19. The number of halogens is 2. The minimum atomic E-state index is 0.126. The van der Waals surface area contributed by atoms with Crippen molar-refractivity contribution in [2.75, 3.05) is 0 Å². The lowest BCUT2D eigenvalue weighted by molar-refractivity contribution is 0.288. The van der Waals surface area contributed by atoms with E-state index < -0.39 is 0 Å². The fourth-order valence-corrected chi connectivity index (χ4v) is 4.11. The predicted octanol–water partition coefficient (Wildman–Crippen LogP) is 6.77. The lowest BCUT2D eigenvalue weighted by Crippen LogP contribution is -2.11. The fourth-order valence-electron chi connectivity index (χ4n) is 2.83. The molecule has 0 saturated carbocycles. The first-order chi connectivity index (χ1) is 13.8. The summed E-state index contributed by atoms with van der Waals surface area (Å²) in [6.07, 6.45) is 0. The molecule has 0 aliphatic rings. The van der Waals surface area contributed by atoms with Gasteiger partial charge in [0.1, 0.15) is 12.4 Å². The highest BCUT2D eigenvalue weighted by atomic mass is 35.5. The molecule has 1 heterocycles. The van der Waals surface area contributed by atoms with Crippen molar-refractivity contribution in [1.29, 1.82) is 0 Å². The van der Waals surface area contributed by atoms with Crippen molar-refractivity contribution in [3.8, 4) is 5.75 Å². The quantitative estimate of drug-likeness (QED) is 0.372. The summed E-state index contributed by atoms with van der Waals surface area (Å²) in [6, 6.07) is 13.9. The first-order valence-corrected chi connectivity index (χ1v) is 11.2. The van der Waals surface area contributed by atoms with Crippen molar-refractivity contribution in [2.24, 2.45) is 0 Å². The number of aromatic nitrogens is 3. The normalized spacial score (nSPS) is 11.7. The van der Waals surface area contributed by atoms with Gasteiger partial charge in [-0.05, 0) is 47.7 Å². The van der Waals surface area contributed by atoms with Crippen LogP contribution in [0.25, 0.3) is 0 Å². The zero-order chi connectivity index (χ0) is 21.0. The molecule has 3 aromatic rings. The Morgan fingerprint density at radius 1 is 1.00 bits per heavy atom. The number of rotatable bonds is 7. The molecule has 0 aliphatic carbocycles. The van der Waals surface area contributed by atoms with E-state index >= 15 is 0 Å². The van der Waals surface area contributed by atoms with Gasteiger partial charge in [-0.15, -0.1) is 10.2 Å². The van der Waals surface area contributed by atoms with Crippen LogP contribution in [0.1, 0.15) is 44.6 Å². The second-order valence-electron chi connectivity index (χ2n) is 7.74. The zero-order valence-corrected chi connectivity index (χ0v) is 19.4.